The quantitative estimate of drug-likeness (QED) is 0.445. The second-order valence-corrected chi connectivity index (χ2v) is 7.95. The Morgan fingerprint density at radius 2 is 1.68 bits per heavy atom. The highest BCUT2D eigenvalue weighted by Crippen LogP contribution is 2.36. The van der Waals surface area contributed by atoms with Crippen LogP contribution < -0.4 is 14.4 Å². The summed E-state index contributed by atoms with van der Waals surface area (Å²) < 4.78 is 11.8. The van der Waals surface area contributed by atoms with Crippen molar-refractivity contribution in [2.45, 2.75) is 20.8 Å². The highest BCUT2D eigenvalue weighted by atomic mass is 35.5. The van der Waals surface area contributed by atoms with Gasteiger partial charge in [0.05, 0.1) is 18.9 Å². The minimum Gasteiger partial charge on any atom is -0.497 e. The van der Waals surface area contributed by atoms with E-state index in [0.717, 1.165) is 46.9 Å². The number of fused-ring (bicyclic) bond motifs is 1. The Morgan fingerprint density at radius 1 is 1.00 bits per heavy atom. The summed E-state index contributed by atoms with van der Waals surface area (Å²) in [5.41, 5.74) is 2.53. The third kappa shape index (κ3) is 5.47. The van der Waals surface area contributed by atoms with Crippen LogP contribution in [0, 0.1) is 6.92 Å². The highest BCUT2D eigenvalue weighted by Gasteiger charge is 2.23. The molecule has 1 heterocycles. The molecule has 0 saturated heterocycles. The Balaban J connectivity index is 0.00000341. The van der Waals surface area contributed by atoms with Gasteiger partial charge in [-0.05, 0) is 55.9 Å². The molecule has 3 aromatic rings. The van der Waals surface area contributed by atoms with E-state index in [-0.39, 0.29) is 18.3 Å². The van der Waals surface area contributed by atoms with Crippen molar-refractivity contribution in [1.29, 1.82) is 0 Å². The van der Waals surface area contributed by atoms with Crippen molar-refractivity contribution < 1.29 is 14.3 Å². The standard InChI is InChI=1S/C23H29N3O3S.ClH/c1-6-25(7-2)14-15-26(22(27)17-9-11-18(28-4)12-10-17)23-24-20-19(29-5)13-8-16(3)21(20)30-23;/h8-13H,6-7,14-15H2,1-5H3;1H. The van der Waals surface area contributed by atoms with Gasteiger partial charge in [-0.15, -0.1) is 12.4 Å². The number of halogens is 1. The molecule has 0 atom stereocenters. The number of amides is 1. The number of methoxy groups -OCH3 is 2. The van der Waals surface area contributed by atoms with Crippen LogP contribution in [0.15, 0.2) is 36.4 Å². The molecule has 0 aliphatic heterocycles. The van der Waals surface area contributed by atoms with Gasteiger partial charge in [-0.3, -0.25) is 9.69 Å². The number of carbonyl (C=O) groups excluding carboxylic acids is 1. The third-order valence-electron chi connectivity index (χ3n) is 5.26. The molecule has 31 heavy (non-hydrogen) atoms. The van der Waals surface area contributed by atoms with Crippen molar-refractivity contribution in [3.8, 4) is 11.5 Å². The number of nitrogens with zero attached hydrogens (tertiary/aromatic N) is 3. The minimum atomic E-state index is -0.0690. The van der Waals surface area contributed by atoms with Gasteiger partial charge in [0, 0.05) is 18.7 Å². The van der Waals surface area contributed by atoms with Crippen LogP contribution in [0.2, 0.25) is 0 Å². The lowest BCUT2D eigenvalue weighted by Gasteiger charge is -2.24. The van der Waals surface area contributed by atoms with Crippen LogP contribution in [0.25, 0.3) is 10.2 Å². The molecular formula is C23H30ClN3O3S. The van der Waals surface area contributed by atoms with E-state index >= 15 is 0 Å². The highest BCUT2D eigenvalue weighted by molar-refractivity contribution is 7.22. The molecule has 0 fully saturated rings. The second-order valence-electron chi connectivity index (χ2n) is 6.97. The maximum absolute atomic E-state index is 13.5. The Bertz CT molecular complexity index is 1000. The fraction of sp³-hybridized carbons (Fsp3) is 0.391. The van der Waals surface area contributed by atoms with Gasteiger partial charge in [0.2, 0.25) is 0 Å². The normalized spacial score (nSPS) is 10.8. The third-order valence-corrected chi connectivity index (χ3v) is 6.47. The van der Waals surface area contributed by atoms with E-state index in [1.165, 1.54) is 11.3 Å². The Morgan fingerprint density at radius 3 is 2.26 bits per heavy atom. The van der Waals surface area contributed by atoms with E-state index in [2.05, 4.69) is 25.7 Å². The zero-order valence-corrected chi connectivity index (χ0v) is 20.3. The van der Waals surface area contributed by atoms with Gasteiger partial charge in [0.15, 0.2) is 5.13 Å². The van der Waals surface area contributed by atoms with Crippen LogP contribution in [-0.4, -0.2) is 56.2 Å². The molecule has 0 spiro atoms. The molecule has 3 rings (SSSR count). The molecule has 0 saturated carbocycles. The van der Waals surface area contributed by atoms with E-state index in [9.17, 15) is 4.79 Å². The topological polar surface area (TPSA) is 54.9 Å². The Hall–Kier alpha value is -2.35. The van der Waals surface area contributed by atoms with Gasteiger partial charge < -0.3 is 14.4 Å². The lowest BCUT2D eigenvalue weighted by Crippen LogP contribution is -2.38. The van der Waals surface area contributed by atoms with Crippen LogP contribution in [0.4, 0.5) is 5.13 Å². The summed E-state index contributed by atoms with van der Waals surface area (Å²) in [6, 6.07) is 11.2. The monoisotopic (exact) mass is 463 g/mol. The molecule has 0 unspecified atom stereocenters. The maximum Gasteiger partial charge on any atom is 0.260 e. The fourth-order valence-electron chi connectivity index (χ4n) is 3.33. The average molecular weight is 464 g/mol. The lowest BCUT2D eigenvalue weighted by molar-refractivity contribution is 0.0983. The first-order chi connectivity index (χ1) is 14.5. The number of hydrogen-bond acceptors (Lipinski definition) is 6. The Labute approximate surface area is 194 Å². The van der Waals surface area contributed by atoms with Crippen LogP contribution in [0.1, 0.15) is 29.8 Å². The minimum absolute atomic E-state index is 0. The number of benzene rings is 2. The molecule has 0 aliphatic rings. The number of aryl methyl sites for hydroxylation is 1. The van der Waals surface area contributed by atoms with Crippen molar-refractivity contribution in [1.82, 2.24) is 9.88 Å². The molecule has 8 heteroatoms. The molecule has 0 bridgehead atoms. The first-order valence-corrected chi connectivity index (χ1v) is 11.0. The van der Waals surface area contributed by atoms with Crippen LogP contribution in [0.3, 0.4) is 0 Å². The van der Waals surface area contributed by atoms with Gasteiger partial charge in [-0.25, -0.2) is 4.98 Å². The number of hydrogen-bond donors (Lipinski definition) is 0. The van der Waals surface area contributed by atoms with Gasteiger partial charge in [-0.1, -0.05) is 31.3 Å². The van der Waals surface area contributed by atoms with Crippen molar-refractivity contribution in [2.24, 2.45) is 0 Å². The molecule has 2 aromatic carbocycles. The second kappa shape index (κ2) is 11.3. The zero-order valence-electron chi connectivity index (χ0n) is 18.7. The van der Waals surface area contributed by atoms with E-state index in [0.29, 0.717) is 17.2 Å². The molecule has 0 aliphatic carbocycles. The summed E-state index contributed by atoms with van der Waals surface area (Å²) in [4.78, 5) is 22.3. The fourth-order valence-corrected chi connectivity index (χ4v) is 4.41. The van der Waals surface area contributed by atoms with Crippen LogP contribution in [-0.2, 0) is 0 Å². The summed E-state index contributed by atoms with van der Waals surface area (Å²) in [5, 5.41) is 0.686. The smallest absolute Gasteiger partial charge is 0.260 e. The predicted octanol–water partition coefficient (Wildman–Crippen LogP) is 5.03. The summed E-state index contributed by atoms with van der Waals surface area (Å²) >= 11 is 1.53. The Kier molecular flexibility index (Phi) is 9.10. The molecule has 1 aromatic heterocycles. The number of aromatic nitrogens is 1. The molecule has 0 radical (unpaired) electrons. The molecule has 6 nitrogen and oxygen atoms in total. The van der Waals surface area contributed by atoms with E-state index in [1.54, 1.807) is 43.4 Å². The number of thiazole rings is 1. The summed E-state index contributed by atoms with van der Waals surface area (Å²) in [6.07, 6.45) is 0. The molecule has 0 N–H and O–H groups in total. The van der Waals surface area contributed by atoms with Gasteiger partial charge in [0.1, 0.15) is 17.0 Å². The SMILES string of the molecule is CCN(CC)CCN(C(=O)c1ccc(OC)cc1)c1nc2c(OC)ccc(C)c2s1.Cl. The predicted molar refractivity (Wildman–Crippen MR) is 131 cm³/mol. The first-order valence-electron chi connectivity index (χ1n) is 10.1. The summed E-state index contributed by atoms with van der Waals surface area (Å²) in [7, 11) is 3.26. The largest absolute Gasteiger partial charge is 0.497 e. The van der Waals surface area contributed by atoms with Crippen molar-refractivity contribution in [3.63, 3.8) is 0 Å². The first kappa shape index (κ1) is 24.9. The maximum atomic E-state index is 13.5. The van der Waals surface area contributed by atoms with Crippen molar-refractivity contribution in [3.05, 3.63) is 47.5 Å². The summed E-state index contributed by atoms with van der Waals surface area (Å²) in [6.45, 7) is 9.53. The average Bonchev–Trinajstić information content (AvgIpc) is 3.23. The summed E-state index contributed by atoms with van der Waals surface area (Å²) in [5.74, 6) is 1.38. The number of carbonyl (C=O) groups is 1. The van der Waals surface area contributed by atoms with Gasteiger partial charge in [-0.2, -0.15) is 0 Å². The van der Waals surface area contributed by atoms with E-state index in [1.807, 2.05) is 12.1 Å². The zero-order chi connectivity index (χ0) is 21.7. The van der Waals surface area contributed by atoms with Crippen molar-refractivity contribution >= 4 is 45.0 Å². The molecule has 168 valence electrons. The van der Waals surface area contributed by atoms with Crippen LogP contribution in [0.5, 0.6) is 11.5 Å². The van der Waals surface area contributed by atoms with Gasteiger partial charge in [0.25, 0.3) is 5.91 Å². The number of rotatable bonds is 9. The number of anilines is 1. The molecular weight excluding hydrogens is 434 g/mol. The van der Waals surface area contributed by atoms with Gasteiger partial charge >= 0.3 is 0 Å². The van der Waals surface area contributed by atoms with E-state index < -0.39 is 0 Å². The number of ether oxygens (including phenoxy) is 2. The lowest BCUT2D eigenvalue weighted by atomic mass is 10.2. The number of likely N-dealkylation sites (N-methyl/N-ethyl adjacent to an activating group) is 1. The van der Waals surface area contributed by atoms with E-state index in [4.69, 9.17) is 14.5 Å². The van der Waals surface area contributed by atoms with Crippen molar-refractivity contribution in [2.75, 3.05) is 45.3 Å². The van der Waals surface area contributed by atoms with Crippen LogP contribution >= 0.6 is 23.7 Å². The molecule has 1 amide bonds.